The zero-order valence-electron chi connectivity index (χ0n) is 12.7. The Morgan fingerprint density at radius 2 is 1.95 bits per heavy atom. The van der Waals surface area contributed by atoms with Gasteiger partial charge >= 0.3 is 0 Å². The third-order valence-electron chi connectivity index (χ3n) is 3.39. The lowest BCUT2D eigenvalue weighted by Crippen LogP contribution is -2.13. The number of rotatable bonds is 7. The highest BCUT2D eigenvalue weighted by atomic mass is 32.1. The first kappa shape index (κ1) is 15.6. The Balaban J connectivity index is 2.55. The first-order valence-electron chi connectivity index (χ1n) is 7.00. The van der Waals surface area contributed by atoms with Crippen molar-refractivity contribution in [2.45, 2.75) is 32.7 Å². The smallest absolute Gasteiger partial charge is 0.163 e. The minimum atomic E-state index is 0.514. The second-order valence-electron chi connectivity index (χ2n) is 4.84. The number of ether oxygens (including phenoxy) is 2. The summed E-state index contributed by atoms with van der Waals surface area (Å²) in [7, 11) is 3.26. The molecule has 1 aromatic carbocycles. The van der Waals surface area contributed by atoms with Crippen molar-refractivity contribution < 1.29 is 9.47 Å². The van der Waals surface area contributed by atoms with Gasteiger partial charge < -0.3 is 19.8 Å². The van der Waals surface area contributed by atoms with E-state index in [0.29, 0.717) is 22.9 Å². The number of nitrogens with two attached hydrogens (primary N) is 1. The molecule has 0 aliphatic heterocycles. The van der Waals surface area contributed by atoms with Crippen molar-refractivity contribution >= 4 is 28.2 Å². The molecule has 1 aromatic heterocycles. The van der Waals surface area contributed by atoms with E-state index in [1.54, 1.807) is 14.2 Å². The number of imidazole rings is 1. The van der Waals surface area contributed by atoms with Crippen LogP contribution in [0.15, 0.2) is 12.1 Å². The van der Waals surface area contributed by atoms with Crippen molar-refractivity contribution in [2.24, 2.45) is 5.73 Å². The van der Waals surface area contributed by atoms with Crippen molar-refractivity contribution in [1.82, 2.24) is 9.55 Å². The largest absolute Gasteiger partial charge is 0.493 e. The summed E-state index contributed by atoms with van der Waals surface area (Å²) < 4.78 is 12.9. The lowest BCUT2D eigenvalue weighted by molar-refractivity contribution is 0.355. The van der Waals surface area contributed by atoms with E-state index in [9.17, 15) is 0 Å². The predicted octanol–water partition coefficient (Wildman–Crippen LogP) is 2.68. The molecule has 0 unspecified atom stereocenters. The van der Waals surface area contributed by atoms with Crippen LogP contribution in [0.1, 0.15) is 25.6 Å². The highest BCUT2D eigenvalue weighted by Gasteiger charge is 2.14. The van der Waals surface area contributed by atoms with Gasteiger partial charge in [-0.1, -0.05) is 19.1 Å². The second-order valence-corrected chi connectivity index (χ2v) is 5.37. The Morgan fingerprint density at radius 3 is 2.52 bits per heavy atom. The summed E-state index contributed by atoms with van der Waals surface area (Å²) in [6.45, 7) is 2.87. The Kier molecular flexibility index (Phi) is 5.01. The first-order valence-corrected chi connectivity index (χ1v) is 7.41. The van der Waals surface area contributed by atoms with Crippen LogP contribution in [0.2, 0.25) is 0 Å². The average Bonchev–Trinajstić information content (AvgIpc) is 2.80. The van der Waals surface area contributed by atoms with Gasteiger partial charge in [-0.3, -0.25) is 0 Å². The van der Waals surface area contributed by atoms with E-state index in [0.717, 1.165) is 36.2 Å². The van der Waals surface area contributed by atoms with Crippen LogP contribution < -0.4 is 15.2 Å². The molecule has 2 aromatic rings. The zero-order valence-corrected chi connectivity index (χ0v) is 13.5. The number of aromatic nitrogens is 2. The maximum Gasteiger partial charge on any atom is 0.163 e. The van der Waals surface area contributed by atoms with E-state index >= 15 is 0 Å². The van der Waals surface area contributed by atoms with Gasteiger partial charge in [0.05, 0.1) is 30.2 Å². The number of fused-ring (bicyclic) bond motifs is 1. The number of benzene rings is 1. The van der Waals surface area contributed by atoms with E-state index in [1.807, 2.05) is 12.1 Å². The molecule has 0 amide bonds. The van der Waals surface area contributed by atoms with Crippen molar-refractivity contribution in [3.8, 4) is 11.5 Å². The molecule has 21 heavy (non-hydrogen) atoms. The highest BCUT2D eigenvalue weighted by molar-refractivity contribution is 7.80. The fourth-order valence-electron chi connectivity index (χ4n) is 2.39. The number of hydrogen-bond donors (Lipinski definition) is 1. The minimum absolute atomic E-state index is 0.514. The maximum absolute atomic E-state index is 5.63. The molecular formula is C15H21N3O2S. The van der Waals surface area contributed by atoms with Gasteiger partial charge in [-0.2, -0.15) is 0 Å². The summed E-state index contributed by atoms with van der Waals surface area (Å²) >= 11 is 4.99. The van der Waals surface area contributed by atoms with Crippen LogP contribution in [0.25, 0.3) is 11.0 Å². The summed E-state index contributed by atoms with van der Waals surface area (Å²) in [5.41, 5.74) is 7.55. The molecule has 0 saturated carbocycles. The predicted molar refractivity (Wildman–Crippen MR) is 88.2 cm³/mol. The summed E-state index contributed by atoms with van der Waals surface area (Å²) in [5, 5.41) is 0. The van der Waals surface area contributed by atoms with Gasteiger partial charge in [0, 0.05) is 31.5 Å². The minimum Gasteiger partial charge on any atom is -0.493 e. The Bertz CT molecular complexity index is 652. The van der Waals surface area contributed by atoms with Crippen molar-refractivity contribution in [3.05, 3.63) is 18.0 Å². The second kappa shape index (κ2) is 6.76. The van der Waals surface area contributed by atoms with E-state index in [4.69, 9.17) is 32.4 Å². The fraction of sp³-hybridized carbons (Fsp3) is 0.467. The molecule has 1 heterocycles. The van der Waals surface area contributed by atoms with Crippen molar-refractivity contribution in [3.63, 3.8) is 0 Å². The third-order valence-corrected chi connectivity index (χ3v) is 3.59. The lowest BCUT2D eigenvalue weighted by Gasteiger charge is -2.10. The SMILES string of the molecule is CCCc1nc2cc(OC)c(OC)cc2n1CCC(N)=S. The molecule has 0 bridgehead atoms. The molecule has 0 aliphatic rings. The van der Waals surface area contributed by atoms with Gasteiger partial charge in [-0.25, -0.2) is 4.98 Å². The standard InChI is InChI=1S/C15H21N3O2S/c1-4-5-15-17-10-8-12(19-2)13(20-3)9-11(10)18(15)7-6-14(16)21/h8-9H,4-7H2,1-3H3,(H2,16,21). The molecule has 0 spiro atoms. The number of hydrogen-bond acceptors (Lipinski definition) is 4. The molecule has 0 aliphatic carbocycles. The van der Waals surface area contributed by atoms with Crippen molar-refractivity contribution in [2.75, 3.05) is 14.2 Å². The molecule has 2 N–H and O–H groups in total. The lowest BCUT2D eigenvalue weighted by atomic mass is 10.2. The highest BCUT2D eigenvalue weighted by Crippen LogP contribution is 2.32. The Hall–Kier alpha value is -1.82. The normalized spacial score (nSPS) is 10.8. The van der Waals surface area contributed by atoms with Crippen LogP contribution in [0.4, 0.5) is 0 Å². The fourth-order valence-corrected chi connectivity index (χ4v) is 2.48. The Labute approximate surface area is 130 Å². The van der Waals surface area contributed by atoms with Crippen LogP contribution in [0, 0.1) is 0 Å². The molecule has 0 radical (unpaired) electrons. The van der Waals surface area contributed by atoms with Crippen LogP contribution in [0.5, 0.6) is 11.5 Å². The summed E-state index contributed by atoms with van der Waals surface area (Å²) in [6, 6.07) is 3.87. The van der Waals surface area contributed by atoms with Crippen LogP contribution in [0.3, 0.4) is 0 Å². The maximum atomic E-state index is 5.63. The average molecular weight is 307 g/mol. The summed E-state index contributed by atoms with van der Waals surface area (Å²) in [5.74, 6) is 2.43. The molecule has 0 fully saturated rings. The van der Waals surface area contributed by atoms with Crippen LogP contribution in [-0.4, -0.2) is 28.8 Å². The van der Waals surface area contributed by atoms with E-state index in [1.165, 1.54) is 0 Å². The van der Waals surface area contributed by atoms with Crippen LogP contribution in [-0.2, 0) is 13.0 Å². The number of aryl methyl sites for hydroxylation is 2. The topological polar surface area (TPSA) is 62.3 Å². The summed E-state index contributed by atoms with van der Waals surface area (Å²) in [6.07, 6.45) is 2.60. The quantitative estimate of drug-likeness (QED) is 0.797. The number of methoxy groups -OCH3 is 2. The molecule has 5 nitrogen and oxygen atoms in total. The van der Waals surface area contributed by atoms with Gasteiger partial charge in [0.2, 0.25) is 0 Å². The molecule has 0 atom stereocenters. The number of thiocarbonyl (C=S) groups is 1. The van der Waals surface area contributed by atoms with Gasteiger partial charge in [0.15, 0.2) is 11.5 Å². The molecule has 2 rings (SSSR count). The third kappa shape index (κ3) is 3.26. The van der Waals surface area contributed by atoms with Gasteiger partial charge in [-0.15, -0.1) is 0 Å². The molecule has 6 heteroatoms. The van der Waals surface area contributed by atoms with Crippen molar-refractivity contribution in [1.29, 1.82) is 0 Å². The molecule has 114 valence electrons. The monoisotopic (exact) mass is 307 g/mol. The molecular weight excluding hydrogens is 286 g/mol. The van der Waals surface area contributed by atoms with Gasteiger partial charge in [0.25, 0.3) is 0 Å². The summed E-state index contributed by atoms with van der Waals surface area (Å²) in [4.78, 5) is 5.22. The zero-order chi connectivity index (χ0) is 15.4. The van der Waals surface area contributed by atoms with E-state index < -0.39 is 0 Å². The molecule has 0 saturated heterocycles. The van der Waals surface area contributed by atoms with Gasteiger partial charge in [0.1, 0.15) is 5.82 Å². The Morgan fingerprint density at radius 1 is 1.29 bits per heavy atom. The first-order chi connectivity index (χ1) is 10.1. The van der Waals surface area contributed by atoms with Gasteiger partial charge in [-0.05, 0) is 6.42 Å². The van der Waals surface area contributed by atoms with Crippen LogP contribution >= 0.6 is 12.2 Å². The van der Waals surface area contributed by atoms with E-state index in [-0.39, 0.29) is 0 Å². The number of nitrogens with zero attached hydrogens (tertiary/aromatic N) is 2. The van der Waals surface area contributed by atoms with E-state index in [2.05, 4.69) is 11.5 Å².